The molecule has 2 aliphatic carbocycles. The highest BCUT2D eigenvalue weighted by molar-refractivity contribution is 5.28. The molecular formula is C25H37N. The van der Waals surface area contributed by atoms with Crippen molar-refractivity contribution in [2.24, 2.45) is 5.92 Å². The molecule has 0 spiro atoms. The third-order valence-electron chi connectivity index (χ3n) is 5.30. The van der Waals surface area contributed by atoms with E-state index in [1.807, 2.05) is 6.08 Å². The summed E-state index contributed by atoms with van der Waals surface area (Å²) in [6.45, 7) is 1.08. The molecule has 0 aromatic heterocycles. The van der Waals surface area contributed by atoms with Crippen molar-refractivity contribution in [1.29, 1.82) is 0 Å². The van der Waals surface area contributed by atoms with Crippen LogP contribution in [0.5, 0.6) is 0 Å². The fourth-order valence-electron chi connectivity index (χ4n) is 3.72. The number of nitrogens with one attached hydrogen (secondary N) is 1. The lowest BCUT2D eigenvalue weighted by molar-refractivity contribution is 0.386. The van der Waals surface area contributed by atoms with Crippen molar-refractivity contribution in [2.45, 2.75) is 70.6 Å². The van der Waals surface area contributed by atoms with Crippen LogP contribution in [-0.2, 0) is 0 Å². The van der Waals surface area contributed by atoms with Crippen LogP contribution < -0.4 is 5.32 Å². The van der Waals surface area contributed by atoms with Gasteiger partial charge in [0.1, 0.15) is 0 Å². The van der Waals surface area contributed by atoms with Crippen LogP contribution in [0.2, 0.25) is 0 Å². The zero-order valence-corrected chi connectivity index (χ0v) is 16.4. The quantitative estimate of drug-likeness (QED) is 0.566. The Morgan fingerprint density at radius 1 is 0.615 bits per heavy atom. The van der Waals surface area contributed by atoms with Gasteiger partial charge < -0.3 is 5.32 Å². The number of hydrogen-bond donors (Lipinski definition) is 1. The molecule has 1 N–H and O–H groups in total. The molecule has 1 fully saturated rings. The lowest BCUT2D eigenvalue weighted by atomic mass is 9.92. The van der Waals surface area contributed by atoms with E-state index in [0.717, 1.165) is 12.5 Å². The van der Waals surface area contributed by atoms with E-state index in [2.05, 4.69) is 66.1 Å². The van der Waals surface area contributed by atoms with Gasteiger partial charge in [-0.25, -0.2) is 0 Å². The van der Waals surface area contributed by atoms with Crippen molar-refractivity contribution in [1.82, 2.24) is 5.32 Å². The maximum atomic E-state index is 3.64. The van der Waals surface area contributed by atoms with Crippen molar-refractivity contribution in [2.75, 3.05) is 6.54 Å². The molecule has 26 heavy (non-hydrogen) atoms. The Hall–Kier alpha value is -1.76. The zero-order chi connectivity index (χ0) is 18.1. The molecule has 1 nitrogen and oxygen atoms in total. The SMILES string of the molecule is C1=C\C=C/C=C\C(NCCC2CCCCCCCCCC2)=C/C=C\C=C/1. The second-order valence-electron chi connectivity index (χ2n) is 7.51. The molecule has 0 aromatic rings. The highest BCUT2D eigenvalue weighted by atomic mass is 14.9. The minimum absolute atomic E-state index is 0.903. The van der Waals surface area contributed by atoms with Gasteiger partial charge in [0.25, 0.3) is 0 Å². The Morgan fingerprint density at radius 2 is 1.12 bits per heavy atom. The Balaban J connectivity index is 1.80. The van der Waals surface area contributed by atoms with Gasteiger partial charge in [-0.05, 0) is 24.5 Å². The average Bonchev–Trinajstić information content (AvgIpc) is 2.70. The monoisotopic (exact) mass is 351 g/mol. The third-order valence-corrected chi connectivity index (χ3v) is 5.30. The summed E-state index contributed by atoms with van der Waals surface area (Å²) in [6, 6.07) is 0. The van der Waals surface area contributed by atoms with Gasteiger partial charge in [0.05, 0.1) is 0 Å². The summed E-state index contributed by atoms with van der Waals surface area (Å²) < 4.78 is 0. The maximum absolute atomic E-state index is 3.64. The molecular weight excluding hydrogens is 314 g/mol. The molecule has 0 saturated heterocycles. The lowest BCUT2D eigenvalue weighted by Gasteiger charge is -2.17. The molecule has 0 aromatic carbocycles. The summed E-state index contributed by atoms with van der Waals surface area (Å²) in [5.41, 5.74) is 1.19. The highest BCUT2D eigenvalue weighted by Gasteiger charge is 2.09. The van der Waals surface area contributed by atoms with Crippen LogP contribution in [0, 0.1) is 5.92 Å². The van der Waals surface area contributed by atoms with Crippen LogP contribution in [0.3, 0.4) is 0 Å². The van der Waals surface area contributed by atoms with Gasteiger partial charge >= 0.3 is 0 Å². The van der Waals surface area contributed by atoms with Crippen LogP contribution in [0.1, 0.15) is 70.6 Å². The summed E-state index contributed by atoms with van der Waals surface area (Å²) in [5, 5.41) is 3.64. The minimum Gasteiger partial charge on any atom is -0.385 e. The van der Waals surface area contributed by atoms with Crippen molar-refractivity contribution >= 4 is 0 Å². The lowest BCUT2D eigenvalue weighted by Crippen LogP contribution is -2.17. The standard InChI is InChI=1S/C25H37N/c1-2-8-12-16-20-25(21-17-13-9-3-1)26-23-22-24-18-14-10-6-4-5-7-11-15-19-24/h1-3,8-9,12-13,16-17,20-21,24,26H,4-7,10-11,14-15,18-19,22-23H2/b2-1-,3-1?,8-2?,9-3-,12-8-,13-9?,16-12?,17-13-,20-16-,21-17?,25-20?,25-21+. The predicted octanol–water partition coefficient (Wildman–Crippen LogP) is 7.18. The largest absolute Gasteiger partial charge is 0.385 e. The van der Waals surface area contributed by atoms with E-state index in [0.29, 0.717) is 0 Å². The first kappa shape index (κ1) is 20.6. The van der Waals surface area contributed by atoms with Gasteiger partial charge in [0, 0.05) is 12.2 Å². The summed E-state index contributed by atoms with van der Waals surface area (Å²) in [7, 11) is 0. The van der Waals surface area contributed by atoms with E-state index in [1.165, 1.54) is 76.3 Å². The highest BCUT2D eigenvalue weighted by Crippen LogP contribution is 2.23. The van der Waals surface area contributed by atoms with Crippen LogP contribution in [0.4, 0.5) is 0 Å². The fraction of sp³-hybridized carbons (Fsp3) is 0.520. The summed E-state index contributed by atoms with van der Waals surface area (Å²) >= 11 is 0. The molecule has 2 rings (SSSR count). The minimum atomic E-state index is 0.903. The van der Waals surface area contributed by atoms with E-state index in [4.69, 9.17) is 0 Å². The third kappa shape index (κ3) is 10.3. The molecule has 0 unspecified atom stereocenters. The molecule has 2 aliphatic rings. The van der Waals surface area contributed by atoms with Crippen molar-refractivity contribution in [3.05, 3.63) is 72.5 Å². The van der Waals surface area contributed by atoms with E-state index in [9.17, 15) is 0 Å². The van der Waals surface area contributed by atoms with Crippen molar-refractivity contribution in [3.63, 3.8) is 0 Å². The molecule has 0 aliphatic heterocycles. The molecule has 142 valence electrons. The zero-order valence-electron chi connectivity index (χ0n) is 16.4. The molecule has 0 amide bonds. The van der Waals surface area contributed by atoms with E-state index in [1.54, 1.807) is 0 Å². The predicted molar refractivity (Wildman–Crippen MR) is 116 cm³/mol. The second-order valence-corrected chi connectivity index (χ2v) is 7.51. The first-order valence-corrected chi connectivity index (χ1v) is 10.7. The normalized spacial score (nSPS) is 28.8. The Kier molecular flexibility index (Phi) is 11.4. The van der Waals surface area contributed by atoms with E-state index >= 15 is 0 Å². The first-order valence-electron chi connectivity index (χ1n) is 10.7. The van der Waals surface area contributed by atoms with Gasteiger partial charge in [-0.3, -0.25) is 0 Å². The molecule has 1 heteroatoms. The Labute approximate surface area is 161 Å². The second kappa shape index (κ2) is 14.4. The van der Waals surface area contributed by atoms with Crippen molar-refractivity contribution in [3.8, 4) is 0 Å². The summed E-state index contributed by atoms with van der Waals surface area (Å²) in [6.07, 6.45) is 38.7. The summed E-state index contributed by atoms with van der Waals surface area (Å²) in [5.74, 6) is 0.903. The van der Waals surface area contributed by atoms with Gasteiger partial charge in [0.2, 0.25) is 0 Å². The van der Waals surface area contributed by atoms with Gasteiger partial charge in [0.15, 0.2) is 0 Å². The molecule has 0 bridgehead atoms. The van der Waals surface area contributed by atoms with Crippen LogP contribution in [0.15, 0.2) is 72.5 Å². The van der Waals surface area contributed by atoms with E-state index < -0.39 is 0 Å². The van der Waals surface area contributed by atoms with Gasteiger partial charge in [-0.15, -0.1) is 0 Å². The summed E-state index contributed by atoms with van der Waals surface area (Å²) in [4.78, 5) is 0. The van der Waals surface area contributed by atoms with Crippen LogP contribution in [-0.4, -0.2) is 6.54 Å². The van der Waals surface area contributed by atoms with Gasteiger partial charge in [-0.1, -0.05) is 119 Å². The van der Waals surface area contributed by atoms with Crippen LogP contribution in [0.25, 0.3) is 0 Å². The molecule has 0 heterocycles. The fourth-order valence-corrected chi connectivity index (χ4v) is 3.72. The Morgan fingerprint density at radius 3 is 1.73 bits per heavy atom. The molecule has 0 radical (unpaired) electrons. The number of hydrogen-bond acceptors (Lipinski definition) is 1. The number of rotatable bonds is 4. The number of allylic oxidation sites excluding steroid dienone is 11. The van der Waals surface area contributed by atoms with E-state index in [-0.39, 0.29) is 0 Å². The molecule has 0 atom stereocenters. The maximum Gasteiger partial charge on any atom is 0.0340 e. The first-order chi connectivity index (χ1) is 12.9. The van der Waals surface area contributed by atoms with Gasteiger partial charge in [-0.2, -0.15) is 0 Å². The average molecular weight is 352 g/mol. The smallest absolute Gasteiger partial charge is 0.0340 e. The topological polar surface area (TPSA) is 12.0 Å². The van der Waals surface area contributed by atoms with Crippen molar-refractivity contribution < 1.29 is 0 Å². The van der Waals surface area contributed by atoms with Crippen LogP contribution >= 0.6 is 0 Å². The Bertz CT molecular complexity index is 518. The molecule has 1 saturated carbocycles.